The summed E-state index contributed by atoms with van der Waals surface area (Å²) in [6.45, 7) is 0. The Bertz CT molecular complexity index is 981. The molecular weight excluding hydrogens is 386 g/mol. The number of aliphatic hydroxyl groups excluding tert-OH is 1. The van der Waals surface area contributed by atoms with Gasteiger partial charge in [-0.2, -0.15) is 0 Å². The van der Waals surface area contributed by atoms with Crippen molar-refractivity contribution >= 4 is 46.1 Å². The summed E-state index contributed by atoms with van der Waals surface area (Å²) in [5.41, 5.74) is 1.35. The summed E-state index contributed by atoms with van der Waals surface area (Å²) in [4.78, 5) is 17.2. The van der Waals surface area contributed by atoms with Crippen molar-refractivity contribution in [3.05, 3.63) is 75.4 Å². The number of carbonyl (C=O) groups excluding carboxylic acids is 1. The number of benzene rings is 2. The Kier molecular flexibility index (Phi) is 5.88. The summed E-state index contributed by atoms with van der Waals surface area (Å²) >= 11 is 7.19. The zero-order valence-corrected chi connectivity index (χ0v) is 16.2. The van der Waals surface area contributed by atoms with Gasteiger partial charge in [-0.15, -0.1) is 0 Å². The predicted molar refractivity (Wildman–Crippen MR) is 109 cm³/mol. The maximum atomic E-state index is 12.2. The van der Waals surface area contributed by atoms with Gasteiger partial charge in [0, 0.05) is 5.02 Å². The van der Waals surface area contributed by atoms with Gasteiger partial charge in [-0.1, -0.05) is 47.6 Å². The molecule has 0 saturated heterocycles. The van der Waals surface area contributed by atoms with Gasteiger partial charge in [-0.25, -0.2) is 9.79 Å². The quantitative estimate of drug-likeness (QED) is 0.717. The highest BCUT2D eigenvalue weighted by Gasteiger charge is 2.33. The lowest BCUT2D eigenvalue weighted by Gasteiger charge is -2.05. The number of para-hydroxylation sites is 2. The molecule has 0 spiro atoms. The van der Waals surface area contributed by atoms with E-state index < -0.39 is 5.97 Å². The number of halogens is 1. The van der Waals surface area contributed by atoms with E-state index in [-0.39, 0.29) is 11.3 Å². The standard InChI is InChI=1S/C20H16ClNO4S/c1-25-15-9-4-3-8-14(15)22-19-17(20(24)26-2)18(23)16(27-19)11-12-6-5-7-13(21)10-12/h3-11,23H,1-2H3. The molecule has 1 N–H and O–H groups in total. The van der Waals surface area contributed by atoms with Crippen LogP contribution in [-0.2, 0) is 9.53 Å². The molecular formula is C20H16ClNO4S. The summed E-state index contributed by atoms with van der Waals surface area (Å²) < 4.78 is 10.1. The number of aliphatic imine (C=N–C) groups is 1. The Morgan fingerprint density at radius 2 is 1.96 bits per heavy atom. The van der Waals surface area contributed by atoms with Gasteiger partial charge in [0.15, 0.2) is 0 Å². The Morgan fingerprint density at radius 3 is 2.67 bits per heavy atom. The fourth-order valence-electron chi connectivity index (χ4n) is 2.47. The lowest BCUT2D eigenvalue weighted by molar-refractivity contribution is -0.135. The van der Waals surface area contributed by atoms with E-state index in [1.54, 1.807) is 43.5 Å². The molecule has 2 aromatic carbocycles. The van der Waals surface area contributed by atoms with Crippen LogP contribution in [0.15, 0.2) is 69.8 Å². The molecule has 1 aliphatic rings. The Morgan fingerprint density at radius 1 is 1.19 bits per heavy atom. The molecule has 0 aliphatic carbocycles. The summed E-state index contributed by atoms with van der Waals surface area (Å²) in [6, 6.07) is 14.3. The van der Waals surface area contributed by atoms with E-state index in [0.717, 1.165) is 5.56 Å². The third kappa shape index (κ3) is 4.18. The van der Waals surface area contributed by atoms with E-state index in [9.17, 15) is 9.90 Å². The lowest BCUT2D eigenvalue weighted by Crippen LogP contribution is -2.10. The number of thioether (sulfide) groups is 1. The first kappa shape index (κ1) is 19.1. The number of aliphatic hydroxyl groups is 1. The van der Waals surface area contributed by atoms with Gasteiger partial charge in [0.25, 0.3) is 0 Å². The van der Waals surface area contributed by atoms with Gasteiger partial charge < -0.3 is 14.6 Å². The second kappa shape index (κ2) is 8.33. The maximum absolute atomic E-state index is 12.2. The average molecular weight is 402 g/mol. The second-order valence-electron chi connectivity index (χ2n) is 5.47. The summed E-state index contributed by atoms with van der Waals surface area (Å²) in [5, 5.41) is 11.5. The predicted octanol–water partition coefficient (Wildman–Crippen LogP) is 5.15. The maximum Gasteiger partial charge on any atom is 0.344 e. The Balaban J connectivity index is 2.08. The molecule has 0 radical (unpaired) electrons. The molecule has 7 heteroatoms. The number of esters is 1. The van der Waals surface area contributed by atoms with Gasteiger partial charge in [0.1, 0.15) is 27.8 Å². The van der Waals surface area contributed by atoms with E-state index in [1.807, 2.05) is 18.2 Å². The van der Waals surface area contributed by atoms with E-state index in [1.165, 1.54) is 18.9 Å². The highest BCUT2D eigenvalue weighted by molar-refractivity contribution is 8.18. The largest absolute Gasteiger partial charge is 0.506 e. The van der Waals surface area contributed by atoms with Crippen LogP contribution in [-0.4, -0.2) is 30.3 Å². The van der Waals surface area contributed by atoms with Crippen LogP contribution in [0, 0.1) is 0 Å². The Hall–Kier alpha value is -2.70. The molecule has 0 aromatic heterocycles. The molecule has 0 fully saturated rings. The lowest BCUT2D eigenvalue weighted by atomic mass is 10.1. The highest BCUT2D eigenvalue weighted by Crippen LogP contribution is 2.41. The minimum absolute atomic E-state index is 0.0154. The number of methoxy groups -OCH3 is 2. The molecule has 27 heavy (non-hydrogen) atoms. The molecule has 1 aliphatic heterocycles. The number of rotatable bonds is 4. The molecule has 0 saturated carbocycles. The van der Waals surface area contributed by atoms with Crippen LogP contribution in [0.4, 0.5) is 5.69 Å². The van der Waals surface area contributed by atoms with Gasteiger partial charge >= 0.3 is 5.97 Å². The van der Waals surface area contributed by atoms with Crippen molar-refractivity contribution in [2.45, 2.75) is 0 Å². The summed E-state index contributed by atoms with van der Waals surface area (Å²) in [6.07, 6.45) is 1.74. The summed E-state index contributed by atoms with van der Waals surface area (Å²) in [5.74, 6) is -0.287. The number of hydrogen-bond acceptors (Lipinski definition) is 6. The molecule has 0 bridgehead atoms. The molecule has 1 heterocycles. The number of nitrogens with zero attached hydrogens (tertiary/aromatic N) is 1. The van der Waals surface area contributed by atoms with Gasteiger partial charge in [0.2, 0.25) is 0 Å². The van der Waals surface area contributed by atoms with Crippen LogP contribution in [0.5, 0.6) is 5.75 Å². The fourth-order valence-corrected chi connectivity index (χ4v) is 3.70. The normalized spacial score (nSPS) is 16.9. The van der Waals surface area contributed by atoms with Crippen LogP contribution in [0.2, 0.25) is 5.02 Å². The zero-order chi connectivity index (χ0) is 19.4. The third-order valence-corrected chi connectivity index (χ3v) is 4.99. The van der Waals surface area contributed by atoms with Crippen molar-refractivity contribution in [2.75, 3.05) is 14.2 Å². The van der Waals surface area contributed by atoms with Crippen LogP contribution in [0.1, 0.15) is 5.56 Å². The van der Waals surface area contributed by atoms with E-state index in [4.69, 9.17) is 21.1 Å². The van der Waals surface area contributed by atoms with Crippen molar-refractivity contribution < 1.29 is 19.4 Å². The van der Waals surface area contributed by atoms with Crippen molar-refractivity contribution in [1.29, 1.82) is 0 Å². The molecule has 0 unspecified atom stereocenters. The number of ether oxygens (including phenoxy) is 2. The first-order valence-electron chi connectivity index (χ1n) is 7.92. The monoisotopic (exact) mass is 401 g/mol. The topological polar surface area (TPSA) is 68.1 Å². The van der Waals surface area contributed by atoms with Crippen LogP contribution < -0.4 is 4.74 Å². The minimum atomic E-state index is -0.664. The third-order valence-electron chi connectivity index (χ3n) is 3.73. The molecule has 3 rings (SSSR count). The second-order valence-corrected chi connectivity index (χ2v) is 6.94. The minimum Gasteiger partial charge on any atom is -0.506 e. The van der Waals surface area contributed by atoms with Crippen LogP contribution in [0.3, 0.4) is 0 Å². The smallest absolute Gasteiger partial charge is 0.344 e. The van der Waals surface area contributed by atoms with Crippen molar-refractivity contribution in [2.24, 2.45) is 4.99 Å². The highest BCUT2D eigenvalue weighted by atomic mass is 35.5. The average Bonchev–Trinajstić information content (AvgIpc) is 2.96. The van der Waals surface area contributed by atoms with E-state index in [2.05, 4.69) is 4.99 Å². The van der Waals surface area contributed by atoms with Crippen LogP contribution >= 0.6 is 23.4 Å². The molecule has 0 atom stereocenters. The summed E-state index contributed by atoms with van der Waals surface area (Å²) in [7, 11) is 2.80. The van der Waals surface area contributed by atoms with Gasteiger partial charge in [0.05, 0.1) is 19.1 Å². The first-order chi connectivity index (χ1) is 13.0. The van der Waals surface area contributed by atoms with Crippen molar-refractivity contribution in [1.82, 2.24) is 0 Å². The number of hydrogen-bond donors (Lipinski definition) is 1. The van der Waals surface area contributed by atoms with Gasteiger partial charge in [-0.3, -0.25) is 0 Å². The van der Waals surface area contributed by atoms with Gasteiger partial charge in [-0.05, 0) is 35.9 Å². The fraction of sp³-hybridized carbons (Fsp3) is 0.100. The van der Waals surface area contributed by atoms with Crippen LogP contribution in [0.25, 0.3) is 6.08 Å². The SMILES string of the molecule is COC(=O)C1=C(O)C(=Cc2cccc(Cl)c2)SC1=Nc1ccccc1OC. The van der Waals surface area contributed by atoms with Crippen molar-refractivity contribution in [3.8, 4) is 5.75 Å². The Labute approximate surface area is 166 Å². The molecule has 5 nitrogen and oxygen atoms in total. The van der Waals surface area contributed by atoms with Crippen molar-refractivity contribution in [3.63, 3.8) is 0 Å². The van der Waals surface area contributed by atoms with E-state index >= 15 is 0 Å². The van der Waals surface area contributed by atoms with E-state index in [0.29, 0.717) is 26.4 Å². The zero-order valence-electron chi connectivity index (χ0n) is 14.6. The molecule has 0 amide bonds. The molecule has 138 valence electrons. The number of carbonyl (C=O) groups is 1. The molecule has 2 aromatic rings. The first-order valence-corrected chi connectivity index (χ1v) is 9.12.